The van der Waals surface area contributed by atoms with E-state index in [2.05, 4.69) is 15.6 Å². The first-order chi connectivity index (χ1) is 11.7. The summed E-state index contributed by atoms with van der Waals surface area (Å²) in [5.41, 5.74) is 0. The molecule has 0 radical (unpaired) electrons. The molecule has 8 heteroatoms. The molecule has 0 saturated carbocycles. The third-order valence-corrected chi connectivity index (χ3v) is 4.28. The second-order valence-corrected chi connectivity index (χ2v) is 8.33. The maximum Gasteiger partial charge on any atom is 0.191 e. The number of sulfone groups is 1. The molecule has 0 aromatic heterocycles. The normalized spacial score (nSPS) is 14.7. The van der Waals surface area contributed by atoms with Gasteiger partial charge in [0, 0.05) is 18.8 Å². The van der Waals surface area contributed by atoms with Gasteiger partial charge in [-0.3, -0.25) is 0 Å². The Kier molecular flexibility index (Phi) is 8.68. The minimum absolute atomic E-state index is 0.0270. The van der Waals surface area contributed by atoms with E-state index in [0.717, 1.165) is 0 Å². The van der Waals surface area contributed by atoms with E-state index in [0.29, 0.717) is 31.2 Å². The number of hydrogen-bond donors (Lipinski definition) is 2. The van der Waals surface area contributed by atoms with E-state index in [-0.39, 0.29) is 23.7 Å². The monoisotopic (exact) mass is 373 g/mol. The first kappa shape index (κ1) is 21.2. The smallest absolute Gasteiger partial charge is 0.191 e. The highest BCUT2D eigenvalue weighted by Crippen LogP contribution is 2.13. The predicted molar refractivity (Wildman–Crippen MR) is 99.4 cm³/mol. The fraction of sp³-hybridized carbons (Fsp3) is 0.588. The summed E-state index contributed by atoms with van der Waals surface area (Å²) in [4.78, 5) is 4.46. The van der Waals surface area contributed by atoms with Crippen molar-refractivity contribution in [3.8, 4) is 5.75 Å². The predicted octanol–water partition coefficient (Wildman–Crippen LogP) is 1.97. The van der Waals surface area contributed by atoms with Crippen LogP contribution in [0.2, 0.25) is 0 Å². The van der Waals surface area contributed by atoms with Gasteiger partial charge >= 0.3 is 0 Å². The van der Waals surface area contributed by atoms with Gasteiger partial charge in [0.05, 0.1) is 12.3 Å². The molecule has 0 amide bonds. The molecule has 0 aliphatic rings. The first-order valence-corrected chi connectivity index (χ1v) is 10.4. The van der Waals surface area contributed by atoms with Crippen molar-refractivity contribution in [2.75, 3.05) is 25.1 Å². The van der Waals surface area contributed by atoms with E-state index in [1.807, 2.05) is 20.8 Å². The van der Waals surface area contributed by atoms with E-state index in [1.54, 1.807) is 12.1 Å². The number of rotatable bonds is 9. The number of benzene rings is 1. The highest BCUT2D eigenvalue weighted by molar-refractivity contribution is 7.90. The molecule has 0 aliphatic carbocycles. The summed E-state index contributed by atoms with van der Waals surface area (Å²) >= 11 is 0. The van der Waals surface area contributed by atoms with Crippen LogP contribution in [-0.2, 0) is 9.84 Å². The number of halogens is 1. The van der Waals surface area contributed by atoms with Gasteiger partial charge in [-0.2, -0.15) is 0 Å². The summed E-state index contributed by atoms with van der Waals surface area (Å²) in [6.07, 6.45) is 1.55. The van der Waals surface area contributed by atoms with E-state index < -0.39 is 9.84 Å². The third kappa shape index (κ3) is 9.91. The molecule has 0 spiro atoms. The molecule has 25 heavy (non-hydrogen) atoms. The van der Waals surface area contributed by atoms with Crippen molar-refractivity contribution >= 4 is 15.8 Å². The lowest BCUT2D eigenvalue weighted by Gasteiger charge is -2.18. The molecule has 1 aromatic rings. The molecular weight excluding hydrogens is 345 g/mol. The second kappa shape index (κ2) is 10.2. The zero-order chi connectivity index (χ0) is 18.9. The molecule has 0 saturated heterocycles. The minimum atomic E-state index is -2.98. The topological polar surface area (TPSA) is 79.8 Å². The molecule has 2 N–H and O–H groups in total. The number of aliphatic imine (C=N–C) groups is 1. The second-order valence-electron chi connectivity index (χ2n) is 6.07. The molecular formula is C17H28FN3O3S. The zero-order valence-corrected chi connectivity index (χ0v) is 16.1. The van der Waals surface area contributed by atoms with Crippen molar-refractivity contribution in [1.82, 2.24) is 10.6 Å². The van der Waals surface area contributed by atoms with Crippen molar-refractivity contribution in [3.63, 3.8) is 0 Å². The van der Waals surface area contributed by atoms with Gasteiger partial charge in [0.1, 0.15) is 27.5 Å². The Morgan fingerprint density at radius 3 is 2.48 bits per heavy atom. The van der Waals surface area contributed by atoms with Crippen LogP contribution in [0.25, 0.3) is 0 Å². The van der Waals surface area contributed by atoms with Gasteiger partial charge in [-0.1, -0.05) is 0 Å². The fourth-order valence-electron chi connectivity index (χ4n) is 2.02. The van der Waals surface area contributed by atoms with E-state index >= 15 is 0 Å². The summed E-state index contributed by atoms with van der Waals surface area (Å²) in [7, 11) is -2.98. The van der Waals surface area contributed by atoms with Crippen molar-refractivity contribution < 1.29 is 17.5 Å². The highest BCUT2D eigenvalue weighted by atomic mass is 32.2. The van der Waals surface area contributed by atoms with Crippen molar-refractivity contribution in [3.05, 3.63) is 30.1 Å². The van der Waals surface area contributed by atoms with E-state index in [4.69, 9.17) is 4.74 Å². The van der Waals surface area contributed by atoms with Gasteiger partial charge < -0.3 is 15.4 Å². The van der Waals surface area contributed by atoms with Crippen molar-refractivity contribution in [1.29, 1.82) is 0 Å². The molecule has 0 fully saturated rings. The summed E-state index contributed by atoms with van der Waals surface area (Å²) in [6, 6.07) is 5.82. The molecule has 1 rings (SSSR count). The Hall–Kier alpha value is -1.83. The van der Waals surface area contributed by atoms with Crippen molar-refractivity contribution in [2.24, 2.45) is 4.99 Å². The Balaban J connectivity index is 2.54. The van der Waals surface area contributed by atoms with Crippen LogP contribution in [0.5, 0.6) is 5.75 Å². The molecule has 1 aromatic carbocycles. The lowest BCUT2D eigenvalue weighted by Crippen LogP contribution is -2.43. The van der Waals surface area contributed by atoms with Gasteiger partial charge in [-0.05, 0) is 51.5 Å². The highest BCUT2D eigenvalue weighted by Gasteiger charge is 2.10. The number of nitrogens with zero attached hydrogens (tertiary/aromatic N) is 1. The average molecular weight is 373 g/mol. The van der Waals surface area contributed by atoms with E-state index in [9.17, 15) is 12.8 Å². The lowest BCUT2D eigenvalue weighted by atomic mass is 10.3. The van der Waals surface area contributed by atoms with Gasteiger partial charge in [-0.25, -0.2) is 17.8 Å². The van der Waals surface area contributed by atoms with Crippen LogP contribution >= 0.6 is 0 Å². The van der Waals surface area contributed by atoms with Crippen LogP contribution in [-0.4, -0.2) is 51.6 Å². The fourth-order valence-corrected chi connectivity index (χ4v) is 2.80. The van der Waals surface area contributed by atoms with Crippen LogP contribution < -0.4 is 15.4 Å². The summed E-state index contributed by atoms with van der Waals surface area (Å²) in [5.74, 6) is 1.02. The number of ether oxygens (including phenoxy) is 1. The van der Waals surface area contributed by atoms with Gasteiger partial charge in [-0.15, -0.1) is 0 Å². The van der Waals surface area contributed by atoms with Crippen LogP contribution in [0.1, 0.15) is 27.2 Å². The number of guanidine groups is 1. The standard InChI is InChI=1S/C17H28FN3O3S/c1-5-19-17(21-13(2)10-11-25(4,22)23)20-12-14(3)24-16-8-6-15(18)7-9-16/h6-9,13-14H,5,10-12H2,1-4H3,(H2,19,20,21). The van der Waals surface area contributed by atoms with Gasteiger partial charge in [0.25, 0.3) is 0 Å². The van der Waals surface area contributed by atoms with Crippen LogP contribution in [0, 0.1) is 5.82 Å². The van der Waals surface area contributed by atoms with Crippen molar-refractivity contribution in [2.45, 2.75) is 39.3 Å². The van der Waals surface area contributed by atoms with Crippen LogP contribution in [0.4, 0.5) is 4.39 Å². The molecule has 142 valence electrons. The quantitative estimate of drug-likeness (QED) is 0.511. The number of hydrogen-bond acceptors (Lipinski definition) is 4. The SMILES string of the molecule is CCNC(=NCC(C)Oc1ccc(F)cc1)NC(C)CCS(C)(=O)=O. The Morgan fingerprint density at radius 2 is 1.92 bits per heavy atom. The van der Waals surface area contributed by atoms with Crippen LogP contribution in [0.15, 0.2) is 29.3 Å². The zero-order valence-electron chi connectivity index (χ0n) is 15.3. The Bertz CT molecular complexity index is 648. The maximum absolute atomic E-state index is 12.9. The summed E-state index contributed by atoms with van der Waals surface area (Å²) < 4.78 is 41.1. The minimum Gasteiger partial charge on any atom is -0.489 e. The van der Waals surface area contributed by atoms with Crippen LogP contribution in [0.3, 0.4) is 0 Å². The first-order valence-electron chi connectivity index (χ1n) is 8.34. The molecule has 2 atom stereocenters. The lowest BCUT2D eigenvalue weighted by molar-refractivity contribution is 0.230. The molecule has 2 unspecified atom stereocenters. The Morgan fingerprint density at radius 1 is 1.28 bits per heavy atom. The average Bonchev–Trinajstić information content (AvgIpc) is 2.52. The number of nitrogens with one attached hydrogen (secondary N) is 2. The maximum atomic E-state index is 12.9. The Labute approximate surface area is 149 Å². The molecule has 6 nitrogen and oxygen atoms in total. The molecule has 0 aliphatic heterocycles. The molecule has 0 bridgehead atoms. The molecule has 0 heterocycles. The summed E-state index contributed by atoms with van der Waals surface area (Å²) in [6.45, 7) is 6.85. The third-order valence-electron chi connectivity index (χ3n) is 3.31. The largest absolute Gasteiger partial charge is 0.489 e. The van der Waals surface area contributed by atoms with E-state index in [1.165, 1.54) is 18.4 Å². The van der Waals surface area contributed by atoms with Gasteiger partial charge in [0.2, 0.25) is 0 Å². The van der Waals surface area contributed by atoms with Gasteiger partial charge in [0.15, 0.2) is 5.96 Å². The summed E-state index contributed by atoms with van der Waals surface area (Å²) in [5, 5.41) is 6.31.